The van der Waals surface area contributed by atoms with Gasteiger partial charge in [-0.2, -0.15) is 5.26 Å². The quantitative estimate of drug-likeness (QED) is 0.741. The Morgan fingerprint density at radius 1 is 1.60 bits per heavy atom. The number of nitrogens with zero attached hydrogens (tertiary/aromatic N) is 3. The topological polar surface area (TPSA) is 41.6 Å². The van der Waals surface area contributed by atoms with Crippen LogP contribution in [0.3, 0.4) is 0 Å². The molecule has 1 aliphatic carbocycles. The molecule has 0 aliphatic heterocycles. The second-order valence-electron chi connectivity index (χ2n) is 4.65. The standard InChI is InChI=1S/C12H17N3/c1-10-3-2-4-11(7-10)9-15-6-5-14-12(15)8-13/h5-6,10-11H,2-4,7,9H2,1H3. The zero-order chi connectivity index (χ0) is 10.7. The van der Waals surface area contributed by atoms with Gasteiger partial charge < -0.3 is 4.57 Å². The van der Waals surface area contributed by atoms with Crippen LogP contribution in [0, 0.1) is 23.2 Å². The number of hydrogen-bond acceptors (Lipinski definition) is 2. The van der Waals surface area contributed by atoms with E-state index in [1.807, 2.05) is 10.8 Å². The Balaban J connectivity index is 1.99. The molecule has 0 amide bonds. The Morgan fingerprint density at radius 2 is 2.47 bits per heavy atom. The monoisotopic (exact) mass is 203 g/mol. The van der Waals surface area contributed by atoms with Crippen LogP contribution in [0.4, 0.5) is 0 Å². The van der Waals surface area contributed by atoms with Gasteiger partial charge in [-0.3, -0.25) is 0 Å². The summed E-state index contributed by atoms with van der Waals surface area (Å²) >= 11 is 0. The minimum atomic E-state index is 0.549. The van der Waals surface area contributed by atoms with Gasteiger partial charge in [-0.15, -0.1) is 0 Å². The van der Waals surface area contributed by atoms with Crippen molar-refractivity contribution in [1.82, 2.24) is 9.55 Å². The van der Waals surface area contributed by atoms with E-state index in [0.717, 1.165) is 18.4 Å². The highest BCUT2D eigenvalue weighted by Gasteiger charge is 2.19. The van der Waals surface area contributed by atoms with Crippen LogP contribution in [0.25, 0.3) is 0 Å². The average molecular weight is 203 g/mol. The first-order valence-electron chi connectivity index (χ1n) is 5.71. The van der Waals surface area contributed by atoms with Gasteiger partial charge in [-0.25, -0.2) is 4.98 Å². The summed E-state index contributed by atoms with van der Waals surface area (Å²) in [6.45, 7) is 3.29. The zero-order valence-corrected chi connectivity index (χ0v) is 9.19. The summed E-state index contributed by atoms with van der Waals surface area (Å²) in [5.41, 5.74) is 0. The van der Waals surface area contributed by atoms with Gasteiger partial charge >= 0.3 is 0 Å². The van der Waals surface area contributed by atoms with Crippen molar-refractivity contribution in [2.24, 2.45) is 11.8 Å². The molecule has 80 valence electrons. The molecular formula is C12H17N3. The van der Waals surface area contributed by atoms with Crippen molar-refractivity contribution in [3.63, 3.8) is 0 Å². The van der Waals surface area contributed by atoms with Crippen molar-refractivity contribution in [2.45, 2.75) is 39.2 Å². The van der Waals surface area contributed by atoms with Gasteiger partial charge in [0.15, 0.2) is 0 Å². The summed E-state index contributed by atoms with van der Waals surface area (Å²) < 4.78 is 1.99. The normalized spacial score (nSPS) is 26.1. The summed E-state index contributed by atoms with van der Waals surface area (Å²) in [4.78, 5) is 4.02. The maximum Gasteiger partial charge on any atom is 0.212 e. The molecule has 3 nitrogen and oxygen atoms in total. The molecule has 1 saturated carbocycles. The van der Waals surface area contributed by atoms with E-state index < -0.39 is 0 Å². The predicted octanol–water partition coefficient (Wildman–Crippen LogP) is 2.58. The van der Waals surface area contributed by atoms with Crippen LogP contribution in [0.15, 0.2) is 12.4 Å². The summed E-state index contributed by atoms with van der Waals surface area (Å²) in [5.74, 6) is 2.13. The molecule has 0 aromatic carbocycles. The lowest BCUT2D eigenvalue weighted by Crippen LogP contribution is -2.18. The summed E-state index contributed by atoms with van der Waals surface area (Å²) in [6, 6.07) is 2.13. The third-order valence-corrected chi connectivity index (χ3v) is 3.32. The zero-order valence-electron chi connectivity index (χ0n) is 9.19. The van der Waals surface area contributed by atoms with E-state index in [-0.39, 0.29) is 0 Å². The van der Waals surface area contributed by atoms with Crippen LogP contribution in [0.5, 0.6) is 0 Å². The Kier molecular flexibility index (Phi) is 3.05. The van der Waals surface area contributed by atoms with E-state index >= 15 is 0 Å². The molecule has 0 saturated heterocycles. The van der Waals surface area contributed by atoms with E-state index in [1.54, 1.807) is 6.20 Å². The Bertz CT molecular complexity index is 361. The lowest BCUT2D eigenvalue weighted by Gasteiger charge is -2.26. The molecule has 1 fully saturated rings. The van der Waals surface area contributed by atoms with Gasteiger partial charge in [0.1, 0.15) is 6.07 Å². The number of imidazole rings is 1. The first-order valence-corrected chi connectivity index (χ1v) is 5.71. The number of nitriles is 1. The van der Waals surface area contributed by atoms with Crippen LogP contribution in [-0.4, -0.2) is 9.55 Å². The van der Waals surface area contributed by atoms with Crippen LogP contribution in [0.1, 0.15) is 38.4 Å². The van der Waals surface area contributed by atoms with Gasteiger partial charge in [0.2, 0.25) is 5.82 Å². The molecule has 0 spiro atoms. The van der Waals surface area contributed by atoms with Crippen molar-refractivity contribution in [2.75, 3.05) is 0 Å². The van der Waals surface area contributed by atoms with E-state index in [9.17, 15) is 0 Å². The van der Waals surface area contributed by atoms with E-state index in [1.165, 1.54) is 25.7 Å². The predicted molar refractivity (Wildman–Crippen MR) is 58.1 cm³/mol. The first-order chi connectivity index (χ1) is 7.29. The molecule has 0 N–H and O–H groups in total. The van der Waals surface area contributed by atoms with E-state index in [4.69, 9.17) is 5.26 Å². The van der Waals surface area contributed by atoms with Gasteiger partial charge in [-0.1, -0.05) is 19.8 Å². The van der Waals surface area contributed by atoms with Gasteiger partial charge in [0, 0.05) is 18.9 Å². The van der Waals surface area contributed by atoms with Crippen LogP contribution in [-0.2, 0) is 6.54 Å². The third-order valence-electron chi connectivity index (χ3n) is 3.32. The molecule has 2 unspecified atom stereocenters. The molecule has 1 aliphatic rings. The van der Waals surface area contributed by atoms with Crippen LogP contribution < -0.4 is 0 Å². The highest BCUT2D eigenvalue weighted by molar-refractivity contribution is 5.11. The largest absolute Gasteiger partial charge is 0.322 e. The lowest BCUT2D eigenvalue weighted by atomic mass is 9.82. The summed E-state index contributed by atoms with van der Waals surface area (Å²) in [6.07, 6.45) is 8.92. The fourth-order valence-corrected chi connectivity index (χ4v) is 2.57. The van der Waals surface area contributed by atoms with Crippen LogP contribution >= 0.6 is 0 Å². The van der Waals surface area contributed by atoms with Gasteiger partial charge in [0.05, 0.1) is 0 Å². The van der Waals surface area contributed by atoms with Crippen molar-refractivity contribution in [3.8, 4) is 6.07 Å². The number of hydrogen-bond donors (Lipinski definition) is 0. The molecule has 1 aromatic heterocycles. The molecule has 1 heterocycles. The lowest BCUT2D eigenvalue weighted by molar-refractivity contribution is 0.256. The van der Waals surface area contributed by atoms with Crippen molar-refractivity contribution < 1.29 is 0 Å². The first kappa shape index (κ1) is 10.2. The molecule has 2 rings (SSSR count). The summed E-state index contributed by atoms with van der Waals surface area (Å²) in [5, 5.41) is 8.86. The third kappa shape index (κ3) is 2.38. The van der Waals surface area contributed by atoms with E-state index in [0.29, 0.717) is 5.82 Å². The Hall–Kier alpha value is -1.30. The number of rotatable bonds is 2. The minimum Gasteiger partial charge on any atom is -0.322 e. The van der Waals surface area contributed by atoms with Gasteiger partial charge in [0.25, 0.3) is 0 Å². The molecule has 2 atom stereocenters. The van der Waals surface area contributed by atoms with Crippen molar-refractivity contribution >= 4 is 0 Å². The van der Waals surface area contributed by atoms with Crippen molar-refractivity contribution in [3.05, 3.63) is 18.2 Å². The smallest absolute Gasteiger partial charge is 0.212 e. The maximum absolute atomic E-state index is 8.86. The second-order valence-corrected chi connectivity index (χ2v) is 4.65. The van der Waals surface area contributed by atoms with Gasteiger partial charge in [-0.05, 0) is 24.7 Å². The Labute approximate surface area is 90.7 Å². The fraction of sp³-hybridized carbons (Fsp3) is 0.667. The maximum atomic E-state index is 8.86. The molecule has 0 bridgehead atoms. The second kappa shape index (κ2) is 4.48. The number of aromatic nitrogens is 2. The highest BCUT2D eigenvalue weighted by Crippen LogP contribution is 2.29. The van der Waals surface area contributed by atoms with Crippen molar-refractivity contribution in [1.29, 1.82) is 5.26 Å². The molecule has 15 heavy (non-hydrogen) atoms. The molecule has 3 heteroatoms. The molecular weight excluding hydrogens is 186 g/mol. The Morgan fingerprint density at radius 3 is 3.20 bits per heavy atom. The molecule has 0 radical (unpaired) electrons. The molecule has 1 aromatic rings. The van der Waals surface area contributed by atoms with E-state index in [2.05, 4.69) is 18.0 Å². The minimum absolute atomic E-state index is 0.549. The highest BCUT2D eigenvalue weighted by atomic mass is 15.1. The fourth-order valence-electron chi connectivity index (χ4n) is 2.57. The average Bonchev–Trinajstić information content (AvgIpc) is 2.65. The SMILES string of the molecule is CC1CCCC(Cn2ccnc2C#N)C1. The summed E-state index contributed by atoms with van der Waals surface area (Å²) in [7, 11) is 0. The van der Waals surface area contributed by atoms with Crippen LogP contribution in [0.2, 0.25) is 0 Å².